The molecule has 112 valence electrons. The first-order chi connectivity index (χ1) is 9.35. The fourth-order valence-electron chi connectivity index (χ4n) is 3.57. The molecule has 0 bridgehead atoms. The molecule has 0 fully saturated rings. The lowest BCUT2D eigenvalue weighted by molar-refractivity contribution is 0.381. The lowest BCUT2D eigenvalue weighted by Gasteiger charge is -2.47. The molecule has 0 saturated carbocycles. The smallest absolute Gasteiger partial charge is 0.0406 e. The van der Waals surface area contributed by atoms with Gasteiger partial charge in [-0.15, -0.1) is 0 Å². The molecule has 0 aromatic heterocycles. The summed E-state index contributed by atoms with van der Waals surface area (Å²) < 4.78 is 0. The van der Waals surface area contributed by atoms with Crippen LogP contribution in [0.25, 0.3) is 0 Å². The highest BCUT2D eigenvalue weighted by atomic mass is 15.2. The summed E-state index contributed by atoms with van der Waals surface area (Å²) in [6.45, 7) is 15.8. The van der Waals surface area contributed by atoms with Crippen LogP contribution in [0.15, 0.2) is 18.2 Å². The Morgan fingerprint density at radius 1 is 1.35 bits per heavy atom. The number of rotatable bonds is 4. The predicted molar refractivity (Wildman–Crippen MR) is 88.5 cm³/mol. The number of hydrogen-bond donors (Lipinski definition) is 1. The van der Waals surface area contributed by atoms with Crippen molar-refractivity contribution in [1.82, 2.24) is 5.32 Å². The first-order valence-electron chi connectivity index (χ1n) is 7.99. The first-order valence-corrected chi connectivity index (χ1v) is 7.99. The third-order valence-electron chi connectivity index (χ3n) is 4.48. The van der Waals surface area contributed by atoms with Crippen molar-refractivity contribution in [2.75, 3.05) is 11.4 Å². The van der Waals surface area contributed by atoms with Crippen molar-refractivity contribution < 1.29 is 0 Å². The van der Waals surface area contributed by atoms with E-state index in [2.05, 4.69) is 70.0 Å². The van der Waals surface area contributed by atoms with E-state index in [1.165, 1.54) is 23.2 Å². The van der Waals surface area contributed by atoms with Crippen molar-refractivity contribution in [2.45, 2.75) is 72.0 Å². The van der Waals surface area contributed by atoms with Crippen LogP contribution in [0, 0.1) is 0 Å². The summed E-state index contributed by atoms with van der Waals surface area (Å²) in [5.41, 5.74) is 4.62. The standard InChI is InChI=1S/C18H30N2/c1-7-20-17-9-8-15(12-19-13(2)3)10-16(17)14(4)11-18(20,5)6/h8-10,13-14,19H,7,11-12H2,1-6H3. The molecule has 1 aliphatic heterocycles. The van der Waals surface area contributed by atoms with Crippen LogP contribution in [0.2, 0.25) is 0 Å². The van der Waals surface area contributed by atoms with E-state index in [1.807, 2.05) is 0 Å². The van der Waals surface area contributed by atoms with Gasteiger partial charge < -0.3 is 10.2 Å². The van der Waals surface area contributed by atoms with Gasteiger partial charge in [0.15, 0.2) is 0 Å². The van der Waals surface area contributed by atoms with Crippen LogP contribution < -0.4 is 10.2 Å². The van der Waals surface area contributed by atoms with E-state index in [9.17, 15) is 0 Å². The van der Waals surface area contributed by atoms with Crippen LogP contribution in [-0.4, -0.2) is 18.1 Å². The quantitative estimate of drug-likeness (QED) is 0.880. The summed E-state index contributed by atoms with van der Waals surface area (Å²) >= 11 is 0. The van der Waals surface area contributed by atoms with Gasteiger partial charge in [-0.3, -0.25) is 0 Å². The van der Waals surface area contributed by atoms with Crippen molar-refractivity contribution in [3.05, 3.63) is 29.3 Å². The van der Waals surface area contributed by atoms with Gasteiger partial charge in [0.2, 0.25) is 0 Å². The summed E-state index contributed by atoms with van der Waals surface area (Å²) in [5, 5.41) is 3.51. The SMILES string of the molecule is CCN1c2ccc(CNC(C)C)cc2C(C)CC1(C)C. The van der Waals surface area contributed by atoms with Gasteiger partial charge in [-0.2, -0.15) is 0 Å². The van der Waals surface area contributed by atoms with Crippen molar-refractivity contribution in [3.8, 4) is 0 Å². The lowest BCUT2D eigenvalue weighted by atomic mass is 9.79. The molecule has 0 spiro atoms. The minimum absolute atomic E-state index is 0.263. The number of nitrogens with zero attached hydrogens (tertiary/aromatic N) is 1. The third-order valence-corrected chi connectivity index (χ3v) is 4.48. The van der Waals surface area contributed by atoms with E-state index in [0.29, 0.717) is 12.0 Å². The zero-order valence-corrected chi connectivity index (χ0v) is 14.0. The molecule has 1 heterocycles. The van der Waals surface area contributed by atoms with E-state index in [4.69, 9.17) is 0 Å². The van der Waals surface area contributed by atoms with Crippen molar-refractivity contribution in [2.24, 2.45) is 0 Å². The molecule has 1 atom stereocenters. The van der Waals surface area contributed by atoms with Gasteiger partial charge >= 0.3 is 0 Å². The molecule has 2 heteroatoms. The molecule has 0 aliphatic carbocycles. The van der Waals surface area contributed by atoms with Crippen LogP contribution >= 0.6 is 0 Å². The number of anilines is 1. The molecule has 0 saturated heterocycles. The summed E-state index contributed by atoms with van der Waals surface area (Å²) in [4.78, 5) is 2.56. The Bertz CT molecular complexity index is 462. The maximum atomic E-state index is 3.51. The Hall–Kier alpha value is -1.02. The second-order valence-corrected chi connectivity index (χ2v) is 7.09. The summed E-state index contributed by atoms with van der Waals surface area (Å²) in [6.07, 6.45) is 1.23. The topological polar surface area (TPSA) is 15.3 Å². The summed E-state index contributed by atoms with van der Waals surface area (Å²) in [6, 6.07) is 7.56. The van der Waals surface area contributed by atoms with Gasteiger partial charge in [0.1, 0.15) is 0 Å². The molecule has 2 rings (SSSR count). The number of benzene rings is 1. The Kier molecular flexibility index (Phi) is 4.43. The molecule has 0 radical (unpaired) electrons. The molecule has 1 unspecified atom stereocenters. The molecule has 1 aromatic carbocycles. The number of fused-ring (bicyclic) bond motifs is 1. The van der Waals surface area contributed by atoms with Gasteiger partial charge in [-0.05, 0) is 50.3 Å². The normalized spacial score (nSPS) is 21.1. The minimum atomic E-state index is 0.263. The van der Waals surface area contributed by atoms with Crippen LogP contribution in [0.5, 0.6) is 0 Å². The Morgan fingerprint density at radius 3 is 2.65 bits per heavy atom. The Balaban J connectivity index is 2.31. The second kappa shape index (κ2) is 5.77. The van der Waals surface area contributed by atoms with E-state index >= 15 is 0 Å². The molecule has 1 N–H and O–H groups in total. The maximum absolute atomic E-state index is 3.51. The summed E-state index contributed by atoms with van der Waals surface area (Å²) in [5.74, 6) is 0.641. The van der Waals surface area contributed by atoms with E-state index in [1.54, 1.807) is 0 Å². The minimum Gasteiger partial charge on any atom is -0.366 e. The van der Waals surface area contributed by atoms with Gasteiger partial charge in [0.05, 0.1) is 0 Å². The monoisotopic (exact) mass is 274 g/mol. The highest BCUT2D eigenvalue weighted by Gasteiger charge is 2.35. The zero-order chi connectivity index (χ0) is 14.9. The van der Waals surface area contributed by atoms with Crippen molar-refractivity contribution >= 4 is 5.69 Å². The highest BCUT2D eigenvalue weighted by Crippen LogP contribution is 2.43. The van der Waals surface area contributed by atoms with Gasteiger partial charge in [-0.1, -0.05) is 32.9 Å². The van der Waals surface area contributed by atoms with Crippen molar-refractivity contribution in [1.29, 1.82) is 0 Å². The number of nitrogens with one attached hydrogen (secondary N) is 1. The number of hydrogen-bond acceptors (Lipinski definition) is 2. The third kappa shape index (κ3) is 3.01. The van der Waals surface area contributed by atoms with Gasteiger partial charge in [0.25, 0.3) is 0 Å². The van der Waals surface area contributed by atoms with Crippen LogP contribution in [-0.2, 0) is 6.54 Å². The van der Waals surface area contributed by atoms with Crippen LogP contribution in [0.4, 0.5) is 5.69 Å². The molecule has 1 aromatic rings. The molecule has 1 aliphatic rings. The largest absolute Gasteiger partial charge is 0.366 e. The average Bonchev–Trinajstić information content (AvgIpc) is 2.36. The Morgan fingerprint density at radius 2 is 2.05 bits per heavy atom. The van der Waals surface area contributed by atoms with Gasteiger partial charge in [-0.25, -0.2) is 0 Å². The second-order valence-electron chi connectivity index (χ2n) is 7.09. The average molecular weight is 274 g/mol. The van der Waals surface area contributed by atoms with E-state index in [-0.39, 0.29) is 5.54 Å². The zero-order valence-electron chi connectivity index (χ0n) is 14.0. The Labute approximate surface area is 124 Å². The molecular formula is C18H30N2. The molecule has 0 amide bonds. The molecule has 20 heavy (non-hydrogen) atoms. The van der Waals surface area contributed by atoms with Gasteiger partial charge in [0, 0.05) is 30.4 Å². The van der Waals surface area contributed by atoms with Crippen molar-refractivity contribution in [3.63, 3.8) is 0 Å². The van der Waals surface area contributed by atoms with Crippen LogP contribution in [0.3, 0.4) is 0 Å². The van der Waals surface area contributed by atoms with Crippen LogP contribution in [0.1, 0.15) is 65.0 Å². The molecule has 2 nitrogen and oxygen atoms in total. The summed E-state index contributed by atoms with van der Waals surface area (Å²) in [7, 11) is 0. The molecular weight excluding hydrogens is 244 g/mol. The predicted octanol–water partition coefficient (Wildman–Crippen LogP) is 4.30. The first kappa shape index (κ1) is 15.4. The fraction of sp³-hybridized carbons (Fsp3) is 0.667. The highest BCUT2D eigenvalue weighted by molar-refractivity contribution is 5.60. The fourth-order valence-corrected chi connectivity index (χ4v) is 3.57. The van der Waals surface area contributed by atoms with E-state index < -0.39 is 0 Å². The van der Waals surface area contributed by atoms with E-state index in [0.717, 1.165) is 13.1 Å². The lowest BCUT2D eigenvalue weighted by Crippen LogP contribution is -2.48. The maximum Gasteiger partial charge on any atom is 0.0406 e.